The summed E-state index contributed by atoms with van der Waals surface area (Å²) < 4.78 is 1.11. The molecule has 90 valence electrons. The van der Waals surface area contributed by atoms with E-state index in [1.54, 1.807) is 11.3 Å². The van der Waals surface area contributed by atoms with E-state index in [-0.39, 0.29) is 5.38 Å². The average Bonchev–Trinajstić information content (AvgIpc) is 2.61. The summed E-state index contributed by atoms with van der Waals surface area (Å²) in [4.78, 5) is 1.24. The van der Waals surface area contributed by atoms with Gasteiger partial charge in [0.25, 0.3) is 0 Å². The average molecular weight is 350 g/mol. The quantitative estimate of drug-likeness (QED) is 0.574. The van der Waals surface area contributed by atoms with Gasteiger partial charge in [-0.25, -0.2) is 0 Å². The molecular formula is C13H11BrCl2S. The molecule has 1 atom stereocenters. The maximum absolute atomic E-state index is 6.52. The number of halogens is 3. The van der Waals surface area contributed by atoms with E-state index in [4.69, 9.17) is 23.2 Å². The van der Waals surface area contributed by atoms with Gasteiger partial charge in [-0.1, -0.05) is 23.7 Å². The van der Waals surface area contributed by atoms with Crippen LogP contribution in [0, 0.1) is 13.8 Å². The molecule has 1 aromatic heterocycles. The molecule has 0 nitrogen and oxygen atoms in total. The van der Waals surface area contributed by atoms with Gasteiger partial charge in [-0.15, -0.1) is 22.9 Å². The Labute approximate surface area is 124 Å². The highest BCUT2D eigenvalue weighted by Crippen LogP contribution is 2.38. The molecule has 1 aromatic carbocycles. The zero-order chi connectivity index (χ0) is 12.6. The maximum atomic E-state index is 6.52. The summed E-state index contributed by atoms with van der Waals surface area (Å²) in [7, 11) is 0. The van der Waals surface area contributed by atoms with Crippen molar-refractivity contribution in [2.45, 2.75) is 19.2 Å². The van der Waals surface area contributed by atoms with E-state index in [1.807, 2.05) is 25.1 Å². The van der Waals surface area contributed by atoms with Crippen molar-refractivity contribution in [3.8, 4) is 0 Å². The molecule has 0 saturated carbocycles. The van der Waals surface area contributed by atoms with Crippen LogP contribution in [0.3, 0.4) is 0 Å². The largest absolute Gasteiger partial charge is 0.133 e. The second-order valence-electron chi connectivity index (χ2n) is 3.93. The van der Waals surface area contributed by atoms with Gasteiger partial charge in [0.1, 0.15) is 0 Å². The zero-order valence-electron chi connectivity index (χ0n) is 9.43. The third kappa shape index (κ3) is 2.87. The molecule has 1 unspecified atom stereocenters. The SMILES string of the molecule is Cc1cc(C(Cl)c2cc(Br)sc2C)ccc1Cl. The Hall–Kier alpha value is -0.0200. The second-order valence-corrected chi connectivity index (χ2v) is 7.41. The number of aryl methyl sites for hydroxylation is 2. The van der Waals surface area contributed by atoms with Crippen molar-refractivity contribution in [2.24, 2.45) is 0 Å². The van der Waals surface area contributed by atoms with Crippen LogP contribution >= 0.6 is 50.5 Å². The molecule has 0 radical (unpaired) electrons. The van der Waals surface area contributed by atoms with Gasteiger partial charge in [0.2, 0.25) is 0 Å². The predicted molar refractivity (Wildman–Crippen MR) is 80.6 cm³/mol. The lowest BCUT2D eigenvalue weighted by molar-refractivity contribution is 1.13. The fraction of sp³-hybridized carbons (Fsp3) is 0.231. The predicted octanol–water partition coefficient (Wildman–Crippen LogP) is 6.11. The van der Waals surface area contributed by atoms with Gasteiger partial charge >= 0.3 is 0 Å². The topological polar surface area (TPSA) is 0 Å². The van der Waals surface area contributed by atoms with E-state index in [2.05, 4.69) is 28.9 Å². The summed E-state index contributed by atoms with van der Waals surface area (Å²) in [6.07, 6.45) is 0. The monoisotopic (exact) mass is 348 g/mol. The number of alkyl halides is 1. The van der Waals surface area contributed by atoms with Crippen LogP contribution in [-0.4, -0.2) is 0 Å². The molecular weight excluding hydrogens is 339 g/mol. The highest BCUT2D eigenvalue weighted by Gasteiger charge is 2.16. The molecule has 2 aromatic rings. The lowest BCUT2D eigenvalue weighted by Gasteiger charge is -2.11. The highest BCUT2D eigenvalue weighted by molar-refractivity contribution is 9.11. The van der Waals surface area contributed by atoms with Crippen molar-refractivity contribution in [3.63, 3.8) is 0 Å². The Morgan fingerprint density at radius 1 is 1.24 bits per heavy atom. The Kier molecular flexibility index (Phi) is 4.19. The lowest BCUT2D eigenvalue weighted by atomic mass is 10.0. The van der Waals surface area contributed by atoms with Crippen LogP contribution in [0.1, 0.15) is 26.9 Å². The lowest BCUT2D eigenvalue weighted by Crippen LogP contribution is -1.94. The third-order valence-corrected chi connectivity index (χ3v) is 5.15. The van der Waals surface area contributed by atoms with Crippen LogP contribution < -0.4 is 0 Å². The summed E-state index contributed by atoms with van der Waals surface area (Å²) in [6.45, 7) is 4.08. The third-order valence-electron chi connectivity index (χ3n) is 2.67. The molecule has 0 aliphatic heterocycles. The van der Waals surface area contributed by atoms with E-state index in [0.717, 1.165) is 25.5 Å². The smallest absolute Gasteiger partial charge is 0.0846 e. The van der Waals surface area contributed by atoms with Gasteiger partial charge in [-0.2, -0.15) is 0 Å². The van der Waals surface area contributed by atoms with Crippen molar-refractivity contribution in [1.82, 2.24) is 0 Å². The van der Waals surface area contributed by atoms with Crippen molar-refractivity contribution in [1.29, 1.82) is 0 Å². The number of hydrogen-bond acceptors (Lipinski definition) is 1. The normalized spacial score (nSPS) is 12.8. The summed E-state index contributed by atoms with van der Waals surface area (Å²) in [5.74, 6) is 0. The van der Waals surface area contributed by atoms with Crippen molar-refractivity contribution >= 4 is 50.5 Å². The molecule has 0 saturated heterocycles. The first-order chi connectivity index (χ1) is 7.99. The van der Waals surface area contributed by atoms with Crippen LogP contribution in [-0.2, 0) is 0 Å². The number of benzene rings is 1. The minimum absolute atomic E-state index is 0.117. The van der Waals surface area contributed by atoms with E-state index >= 15 is 0 Å². The minimum Gasteiger partial charge on any atom is -0.133 e. The van der Waals surface area contributed by atoms with Crippen molar-refractivity contribution in [3.05, 3.63) is 54.6 Å². The molecule has 1 heterocycles. The zero-order valence-corrected chi connectivity index (χ0v) is 13.3. The Morgan fingerprint density at radius 3 is 2.47 bits per heavy atom. The molecule has 2 rings (SSSR count). The number of thiophene rings is 1. The fourth-order valence-electron chi connectivity index (χ4n) is 1.72. The molecule has 0 N–H and O–H groups in total. The van der Waals surface area contributed by atoms with Gasteiger partial charge in [0.15, 0.2) is 0 Å². The van der Waals surface area contributed by atoms with Crippen LogP contribution in [0.15, 0.2) is 28.1 Å². The maximum Gasteiger partial charge on any atom is 0.0846 e. The van der Waals surface area contributed by atoms with Crippen molar-refractivity contribution in [2.75, 3.05) is 0 Å². The Morgan fingerprint density at radius 2 is 1.94 bits per heavy atom. The first kappa shape index (κ1) is 13.4. The summed E-state index contributed by atoms with van der Waals surface area (Å²) >= 11 is 17.7. The summed E-state index contributed by atoms with van der Waals surface area (Å²) in [6, 6.07) is 8.02. The fourth-order valence-corrected chi connectivity index (χ4v) is 4.01. The van der Waals surface area contributed by atoms with Crippen LogP contribution in [0.2, 0.25) is 5.02 Å². The van der Waals surface area contributed by atoms with E-state index in [1.165, 1.54) is 4.88 Å². The Bertz CT molecular complexity index is 548. The molecule has 17 heavy (non-hydrogen) atoms. The van der Waals surface area contributed by atoms with Gasteiger partial charge in [0.05, 0.1) is 9.16 Å². The number of hydrogen-bond donors (Lipinski definition) is 0. The molecule has 0 fully saturated rings. The Balaban J connectivity index is 2.40. The molecule has 0 bridgehead atoms. The van der Waals surface area contributed by atoms with Gasteiger partial charge < -0.3 is 0 Å². The van der Waals surface area contributed by atoms with Gasteiger partial charge in [0, 0.05) is 9.90 Å². The van der Waals surface area contributed by atoms with E-state index in [9.17, 15) is 0 Å². The van der Waals surface area contributed by atoms with Crippen LogP contribution in [0.4, 0.5) is 0 Å². The summed E-state index contributed by atoms with van der Waals surface area (Å²) in [5.41, 5.74) is 3.30. The van der Waals surface area contributed by atoms with E-state index in [0.29, 0.717) is 0 Å². The van der Waals surface area contributed by atoms with E-state index < -0.39 is 0 Å². The molecule has 0 spiro atoms. The number of rotatable bonds is 2. The molecule has 0 amide bonds. The summed E-state index contributed by atoms with van der Waals surface area (Å²) in [5, 5.41) is 0.661. The van der Waals surface area contributed by atoms with Gasteiger partial charge in [-0.3, -0.25) is 0 Å². The van der Waals surface area contributed by atoms with Gasteiger partial charge in [-0.05, 0) is 58.6 Å². The molecule has 4 heteroatoms. The standard InChI is InChI=1S/C13H11BrCl2S/c1-7-5-9(3-4-11(7)15)13(16)10-6-12(14)17-8(10)2/h3-6,13H,1-2H3. The minimum atomic E-state index is -0.117. The first-order valence-electron chi connectivity index (χ1n) is 5.15. The van der Waals surface area contributed by atoms with Crippen molar-refractivity contribution < 1.29 is 0 Å². The van der Waals surface area contributed by atoms with Crippen LogP contribution in [0.5, 0.6) is 0 Å². The highest BCUT2D eigenvalue weighted by atomic mass is 79.9. The molecule has 0 aliphatic rings. The second kappa shape index (κ2) is 5.31. The van der Waals surface area contributed by atoms with Crippen LogP contribution in [0.25, 0.3) is 0 Å². The first-order valence-corrected chi connectivity index (χ1v) is 7.57. The molecule has 0 aliphatic carbocycles.